The number of rotatable bonds is 3. The Hall–Kier alpha value is -0.870. The molecule has 2 N–H and O–H groups in total. The number of aryl methyl sites for hydroxylation is 1. The molecule has 0 spiro atoms. The van der Waals surface area contributed by atoms with Crippen molar-refractivity contribution < 1.29 is 0 Å². The van der Waals surface area contributed by atoms with Crippen LogP contribution in [0.4, 0.5) is 0 Å². The van der Waals surface area contributed by atoms with Gasteiger partial charge in [0.05, 0.1) is 18.1 Å². The molecule has 1 unspecified atom stereocenters. The second kappa shape index (κ2) is 3.89. The van der Waals surface area contributed by atoms with Crippen molar-refractivity contribution in [3.05, 3.63) is 17.7 Å². The fourth-order valence-electron chi connectivity index (χ4n) is 1.40. The Kier molecular flexibility index (Phi) is 3.06. The number of nitrogens with two attached hydrogens (primary N) is 1. The van der Waals surface area contributed by atoms with Crippen LogP contribution in [0.5, 0.6) is 0 Å². The lowest BCUT2D eigenvalue weighted by Gasteiger charge is -2.21. The molecule has 0 bridgehead atoms. The van der Waals surface area contributed by atoms with E-state index in [2.05, 4.69) is 16.8 Å². The van der Waals surface area contributed by atoms with E-state index in [0.29, 0.717) is 6.54 Å². The van der Waals surface area contributed by atoms with Crippen LogP contribution in [-0.4, -0.2) is 35.1 Å². The highest BCUT2D eigenvalue weighted by molar-refractivity contribution is 5.15. The molecule has 1 heterocycles. The Bertz CT molecular complexity index is 277. The molecule has 1 aromatic heterocycles. The predicted octanol–water partition coefficient (Wildman–Crippen LogP) is 0.290. The first kappa shape index (κ1) is 10.2. The third kappa shape index (κ3) is 1.89. The van der Waals surface area contributed by atoms with Gasteiger partial charge in [0.2, 0.25) is 0 Å². The first-order valence-electron chi connectivity index (χ1n) is 4.42. The number of hydrogen-bond acceptors (Lipinski definition) is 3. The highest BCUT2D eigenvalue weighted by atomic mass is 15.1. The molecule has 13 heavy (non-hydrogen) atoms. The Morgan fingerprint density at radius 3 is 2.54 bits per heavy atom. The zero-order chi connectivity index (χ0) is 10.0. The highest BCUT2D eigenvalue weighted by Crippen LogP contribution is 2.17. The predicted molar refractivity (Wildman–Crippen MR) is 53.4 cm³/mol. The zero-order valence-electron chi connectivity index (χ0n) is 8.78. The van der Waals surface area contributed by atoms with Crippen molar-refractivity contribution in [3.8, 4) is 0 Å². The number of aromatic nitrogens is 2. The van der Waals surface area contributed by atoms with Crippen LogP contribution in [0.25, 0.3) is 0 Å². The first-order valence-corrected chi connectivity index (χ1v) is 4.42. The lowest BCUT2D eigenvalue weighted by atomic mass is 10.1. The Morgan fingerprint density at radius 2 is 2.23 bits per heavy atom. The maximum absolute atomic E-state index is 5.69. The number of imidazole rings is 1. The summed E-state index contributed by atoms with van der Waals surface area (Å²) in [6, 6.07) is 0.223. The van der Waals surface area contributed by atoms with Crippen LogP contribution < -0.4 is 5.73 Å². The number of nitrogens with zero attached hydrogens (tertiary/aromatic N) is 3. The average Bonchev–Trinajstić information content (AvgIpc) is 2.37. The lowest BCUT2D eigenvalue weighted by molar-refractivity contribution is 0.299. The van der Waals surface area contributed by atoms with Crippen LogP contribution in [0.3, 0.4) is 0 Å². The van der Waals surface area contributed by atoms with Crippen molar-refractivity contribution in [2.75, 3.05) is 20.6 Å². The molecular formula is C9H18N4. The van der Waals surface area contributed by atoms with Gasteiger partial charge in [0.1, 0.15) is 0 Å². The fourth-order valence-corrected chi connectivity index (χ4v) is 1.40. The average molecular weight is 182 g/mol. The molecule has 0 aromatic carbocycles. The zero-order valence-corrected chi connectivity index (χ0v) is 8.78. The molecule has 0 saturated carbocycles. The minimum atomic E-state index is 0.223. The van der Waals surface area contributed by atoms with Gasteiger partial charge in [-0.1, -0.05) is 0 Å². The van der Waals surface area contributed by atoms with E-state index in [1.54, 1.807) is 0 Å². The van der Waals surface area contributed by atoms with Gasteiger partial charge in [-0.15, -0.1) is 0 Å². The molecule has 1 rings (SSSR count). The van der Waals surface area contributed by atoms with Crippen LogP contribution in [0, 0.1) is 6.92 Å². The van der Waals surface area contributed by atoms with E-state index in [1.807, 2.05) is 32.0 Å². The van der Waals surface area contributed by atoms with Gasteiger partial charge >= 0.3 is 0 Å². The number of hydrogen-bond donors (Lipinski definition) is 1. The van der Waals surface area contributed by atoms with Crippen molar-refractivity contribution in [2.45, 2.75) is 13.0 Å². The van der Waals surface area contributed by atoms with Crippen LogP contribution in [0.2, 0.25) is 0 Å². The van der Waals surface area contributed by atoms with Crippen LogP contribution >= 0.6 is 0 Å². The van der Waals surface area contributed by atoms with Crippen LogP contribution in [0.15, 0.2) is 6.33 Å². The Balaban J connectivity index is 2.98. The molecule has 0 amide bonds. The SMILES string of the molecule is Cc1c(C(CN)N(C)C)ncn1C. The molecule has 0 aliphatic rings. The smallest absolute Gasteiger partial charge is 0.0949 e. The molecule has 0 radical (unpaired) electrons. The van der Waals surface area contributed by atoms with E-state index in [9.17, 15) is 0 Å². The Labute approximate surface area is 79.4 Å². The monoisotopic (exact) mass is 182 g/mol. The summed E-state index contributed by atoms with van der Waals surface area (Å²) in [5.74, 6) is 0. The summed E-state index contributed by atoms with van der Waals surface area (Å²) in [5, 5.41) is 0. The van der Waals surface area contributed by atoms with Gasteiger partial charge in [-0.25, -0.2) is 4.98 Å². The first-order chi connectivity index (χ1) is 6.07. The molecule has 74 valence electrons. The second-order valence-electron chi connectivity index (χ2n) is 3.54. The molecular weight excluding hydrogens is 164 g/mol. The van der Waals surface area contributed by atoms with Crippen LogP contribution in [0.1, 0.15) is 17.4 Å². The van der Waals surface area contributed by atoms with Gasteiger partial charge in [0, 0.05) is 19.3 Å². The van der Waals surface area contributed by atoms with Crippen molar-refractivity contribution >= 4 is 0 Å². The van der Waals surface area contributed by atoms with E-state index in [4.69, 9.17) is 5.73 Å². The summed E-state index contributed by atoms with van der Waals surface area (Å²) < 4.78 is 2.02. The van der Waals surface area contributed by atoms with Gasteiger partial charge in [-0.2, -0.15) is 0 Å². The minimum absolute atomic E-state index is 0.223. The van der Waals surface area contributed by atoms with Crippen molar-refractivity contribution in [1.82, 2.24) is 14.5 Å². The van der Waals surface area contributed by atoms with Crippen molar-refractivity contribution in [1.29, 1.82) is 0 Å². The van der Waals surface area contributed by atoms with E-state index in [1.165, 1.54) is 5.69 Å². The van der Waals surface area contributed by atoms with Crippen molar-refractivity contribution in [2.24, 2.45) is 12.8 Å². The molecule has 1 aromatic rings. The van der Waals surface area contributed by atoms with Gasteiger partial charge in [-0.05, 0) is 21.0 Å². The van der Waals surface area contributed by atoms with E-state index in [0.717, 1.165) is 5.69 Å². The maximum Gasteiger partial charge on any atom is 0.0949 e. The molecule has 1 atom stereocenters. The van der Waals surface area contributed by atoms with Gasteiger partial charge in [-0.3, -0.25) is 4.90 Å². The summed E-state index contributed by atoms with van der Waals surface area (Å²) in [5.41, 5.74) is 7.96. The van der Waals surface area contributed by atoms with Crippen LogP contribution in [-0.2, 0) is 7.05 Å². The largest absolute Gasteiger partial charge is 0.338 e. The normalized spacial score (nSPS) is 13.7. The highest BCUT2D eigenvalue weighted by Gasteiger charge is 2.17. The molecule has 0 saturated heterocycles. The number of likely N-dealkylation sites (N-methyl/N-ethyl adjacent to an activating group) is 1. The third-order valence-electron chi connectivity index (χ3n) is 2.43. The minimum Gasteiger partial charge on any atom is -0.338 e. The summed E-state index contributed by atoms with van der Waals surface area (Å²) >= 11 is 0. The van der Waals surface area contributed by atoms with E-state index in [-0.39, 0.29) is 6.04 Å². The van der Waals surface area contributed by atoms with E-state index < -0.39 is 0 Å². The van der Waals surface area contributed by atoms with Gasteiger partial charge < -0.3 is 10.3 Å². The molecule has 4 nitrogen and oxygen atoms in total. The molecule has 0 aliphatic carbocycles. The van der Waals surface area contributed by atoms with Crippen molar-refractivity contribution in [3.63, 3.8) is 0 Å². The summed E-state index contributed by atoms with van der Waals surface area (Å²) in [6.45, 7) is 2.67. The topological polar surface area (TPSA) is 47.1 Å². The Morgan fingerprint density at radius 1 is 1.62 bits per heavy atom. The summed E-state index contributed by atoms with van der Waals surface area (Å²) in [6.07, 6.45) is 1.83. The quantitative estimate of drug-likeness (QED) is 0.731. The summed E-state index contributed by atoms with van der Waals surface area (Å²) in [7, 11) is 6.03. The second-order valence-corrected chi connectivity index (χ2v) is 3.54. The van der Waals surface area contributed by atoms with E-state index >= 15 is 0 Å². The standard InChI is InChI=1S/C9H18N4/c1-7-9(11-6-13(7)4)8(5-10)12(2)3/h6,8H,5,10H2,1-4H3. The maximum atomic E-state index is 5.69. The van der Waals surface area contributed by atoms with Gasteiger partial charge in [0.25, 0.3) is 0 Å². The summed E-state index contributed by atoms with van der Waals surface area (Å²) in [4.78, 5) is 6.44. The fraction of sp³-hybridized carbons (Fsp3) is 0.667. The molecule has 0 fully saturated rings. The molecule has 4 heteroatoms. The third-order valence-corrected chi connectivity index (χ3v) is 2.43. The lowest BCUT2D eigenvalue weighted by Crippen LogP contribution is -2.28. The molecule has 0 aliphatic heterocycles. The van der Waals surface area contributed by atoms with Gasteiger partial charge in [0.15, 0.2) is 0 Å².